The minimum atomic E-state index is -3.55. The van der Waals surface area contributed by atoms with Crippen LogP contribution < -0.4 is 0 Å². The molecule has 0 atom stereocenters. The van der Waals surface area contributed by atoms with Crippen molar-refractivity contribution in [2.75, 3.05) is 0 Å². The van der Waals surface area contributed by atoms with Crippen LogP contribution in [0.1, 0.15) is 16.1 Å². The largest absolute Gasteiger partial charge is 0.478 e. The summed E-state index contributed by atoms with van der Waals surface area (Å²) >= 11 is 1.82. The fourth-order valence-corrected chi connectivity index (χ4v) is 4.55. The average molecular weight is 406 g/mol. The number of nitrogens with zero attached hydrogens (tertiary/aromatic N) is 2. The van der Waals surface area contributed by atoms with Gasteiger partial charge in [0.2, 0.25) is 0 Å². The van der Waals surface area contributed by atoms with Crippen molar-refractivity contribution < 1.29 is 18.3 Å². The second kappa shape index (κ2) is 5.52. The zero-order chi connectivity index (χ0) is 14.9. The number of sulfone groups is 1. The highest BCUT2D eigenvalue weighted by atomic mass is 127. The number of halogens is 1. The van der Waals surface area contributed by atoms with E-state index in [1.165, 1.54) is 22.9 Å². The van der Waals surface area contributed by atoms with E-state index in [0.29, 0.717) is 9.26 Å². The number of carboxylic acids is 1. The van der Waals surface area contributed by atoms with Crippen molar-refractivity contribution in [1.29, 1.82) is 0 Å². The molecule has 0 aliphatic rings. The summed E-state index contributed by atoms with van der Waals surface area (Å²) in [5.74, 6) is -1.30. The van der Waals surface area contributed by atoms with Crippen LogP contribution >= 0.6 is 22.6 Å². The highest BCUT2D eigenvalue weighted by Crippen LogP contribution is 2.23. The molecule has 0 fully saturated rings. The third-order valence-electron chi connectivity index (χ3n) is 2.62. The van der Waals surface area contributed by atoms with Crippen LogP contribution in [0.3, 0.4) is 0 Å². The number of carbonyl (C=O) groups is 1. The molecule has 1 aromatic heterocycles. The number of hydrogen-bond donors (Lipinski definition) is 1. The van der Waals surface area contributed by atoms with Crippen molar-refractivity contribution in [2.24, 2.45) is 7.05 Å². The number of aryl methyl sites for hydroxylation is 1. The number of aromatic carboxylic acids is 1. The summed E-state index contributed by atoms with van der Waals surface area (Å²) in [6.45, 7) is 0. The van der Waals surface area contributed by atoms with Gasteiger partial charge < -0.3 is 5.11 Å². The predicted octanol–water partition coefficient (Wildman–Crippen LogP) is 1.70. The van der Waals surface area contributed by atoms with E-state index in [4.69, 9.17) is 5.11 Å². The smallest absolute Gasteiger partial charge is 0.335 e. The lowest BCUT2D eigenvalue weighted by atomic mass is 10.2. The fourth-order valence-electron chi connectivity index (χ4n) is 1.70. The van der Waals surface area contributed by atoms with Crippen LogP contribution in [0.5, 0.6) is 0 Å². The Morgan fingerprint density at radius 2 is 2.10 bits per heavy atom. The normalized spacial score (nSPS) is 11.5. The van der Waals surface area contributed by atoms with Gasteiger partial charge in [0.15, 0.2) is 9.84 Å². The molecule has 0 bridgehead atoms. The van der Waals surface area contributed by atoms with Gasteiger partial charge in [-0.1, -0.05) is 0 Å². The Morgan fingerprint density at radius 1 is 1.40 bits per heavy atom. The Balaban J connectivity index is 2.37. The van der Waals surface area contributed by atoms with E-state index in [0.717, 1.165) is 0 Å². The molecule has 2 rings (SSSR count). The first kappa shape index (κ1) is 15.0. The van der Waals surface area contributed by atoms with Crippen molar-refractivity contribution in [3.8, 4) is 0 Å². The van der Waals surface area contributed by atoms with Gasteiger partial charge >= 0.3 is 5.97 Å². The number of aromatic nitrogens is 2. The molecule has 20 heavy (non-hydrogen) atoms. The molecule has 1 N–H and O–H groups in total. The van der Waals surface area contributed by atoms with Crippen molar-refractivity contribution in [3.63, 3.8) is 0 Å². The van der Waals surface area contributed by atoms with Gasteiger partial charge in [0.1, 0.15) is 0 Å². The summed E-state index contributed by atoms with van der Waals surface area (Å²) in [5.41, 5.74) is 0.511. The van der Waals surface area contributed by atoms with Gasteiger partial charge in [0, 0.05) is 16.8 Å². The van der Waals surface area contributed by atoms with E-state index >= 15 is 0 Å². The summed E-state index contributed by atoms with van der Waals surface area (Å²) < 4.78 is 26.5. The van der Waals surface area contributed by atoms with Gasteiger partial charge in [-0.25, -0.2) is 13.2 Å². The second-order valence-corrected chi connectivity index (χ2v) is 7.31. The Kier molecular flexibility index (Phi) is 4.14. The van der Waals surface area contributed by atoms with Gasteiger partial charge in [0.05, 0.1) is 21.9 Å². The van der Waals surface area contributed by atoms with Crippen LogP contribution in [0.25, 0.3) is 0 Å². The maximum Gasteiger partial charge on any atom is 0.335 e. The lowest BCUT2D eigenvalue weighted by molar-refractivity contribution is 0.0696. The van der Waals surface area contributed by atoms with Crippen LogP contribution in [0.4, 0.5) is 0 Å². The Morgan fingerprint density at radius 3 is 2.60 bits per heavy atom. The molecule has 0 amide bonds. The fraction of sp³-hybridized carbons (Fsp3) is 0.167. The molecule has 0 unspecified atom stereocenters. The number of hydrogen-bond acceptors (Lipinski definition) is 4. The van der Waals surface area contributed by atoms with E-state index in [2.05, 4.69) is 5.10 Å². The highest BCUT2D eigenvalue weighted by Gasteiger charge is 2.20. The van der Waals surface area contributed by atoms with Crippen LogP contribution in [0.2, 0.25) is 0 Å². The summed E-state index contributed by atoms with van der Waals surface area (Å²) in [5, 5.41) is 12.9. The van der Waals surface area contributed by atoms with Gasteiger partial charge in [0.25, 0.3) is 0 Å². The van der Waals surface area contributed by atoms with Crippen molar-refractivity contribution in [3.05, 3.63) is 45.3 Å². The molecule has 1 aromatic carbocycles. The minimum absolute atomic E-state index is 0.0613. The first-order chi connectivity index (χ1) is 9.29. The number of rotatable bonds is 4. The van der Waals surface area contributed by atoms with E-state index in [9.17, 15) is 13.2 Å². The predicted molar refractivity (Wildman–Crippen MR) is 80.2 cm³/mol. The number of carboxylic acid groups (broad SMARTS) is 1. The molecule has 0 saturated heterocycles. The Hall–Kier alpha value is -1.42. The van der Waals surface area contributed by atoms with Crippen LogP contribution in [0, 0.1) is 3.57 Å². The molecule has 0 aliphatic heterocycles. The minimum Gasteiger partial charge on any atom is -0.478 e. The second-order valence-electron chi connectivity index (χ2n) is 4.19. The van der Waals surface area contributed by atoms with E-state index < -0.39 is 15.8 Å². The monoisotopic (exact) mass is 406 g/mol. The van der Waals surface area contributed by atoms with Crippen LogP contribution in [0.15, 0.2) is 35.4 Å². The quantitative estimate of drug-likeness (QED) is 0.781. The van der Waals surface area contributed by atoms with Crippen molar-refractivity contribution >= 4 is 38.4 Å². The maximum absolute atomic E-state index is 12.3. The van der Waals surface area contributed by atoms with Gasteiger partial charge in [-0.3, -0.25) is 4.68 Å². The molecule has 0 spiro atoms. The molecule has 2 aromatic rings. The molecule has 106 valence electrons. The van der Waals surface area contributed by atoms with E-state index in [1.54, 1.807) is 19.3 Å². The van der Waals surface area contributed by atoms with Crippen molar-refractivity contribution in [1.82, 2.24) is 9.78 Å². The SMILES string of the molecule is Cn1ccc(CS(=O)(=O)c2ccc(C(=O)O)cc2I)n1. The summed E-state index contributed by atoms with van der Waals surface area (Å²) in [6, 6.07) is 5.59. The molecule has 0 aliphatic carbocycles. The molecule has 0 radical (unpaired) electrons. The van der Waals surface area contributed by atoms with Crippen LogP contribution in [-0.4, -0.2) is 29.3 Å². The van der Waals surface area contributed by atoms with E-state index in [1.807, 2.05) is 22.6 Å². The Labute approximate surface area is 129 Å². The topological polar surface area (TPSA) is 89.3 Å². The zero-order valence-electron chi connectivity index (χ0n) is 10.4. The van der Waals surface area contributed by atoms with Crippen LogP contribution in [-0.2, 0) is 22.6 Å². The molecule has 1 heterocycles. The Bertz CT molecular complexity index is 768. The first-order valence-corrected chi connectivity index (χ1v) is 8.27. The lowest BCUT2D eigenvalue weighted by Gasteiger charge is -2.06. The summed E-state index contributed by atoms with van der Waals surface area (Å²) in [7, 11) is -1.84. The zero-order valence-corrected chi connectivity index (χ0v) is 13.4. The first-order valence-electron chi connectivity index (χ1n) is 5.54. The molecular weight excluding hydrogens is 395 g/mol. The van der Waals surface area contributed by atoms with Gasteiger partial charge in [-0.2, -0.15) is 5.10 Å². The third-order valence-corrected chi connectivity index (χ3v) is 5.58. The standard InChI is InChI=1S/C12H11IN2O4S/c1-15-5-4-9(14-15)7-20(18,19)11-3-2-8(12(16)17)6-10(11)13/h2-6H,7H2,1H3,(H,16,17). The molecular formula is C12H11IN2O4S. The number of benzene rings is 1. The van der Waals surface area contributed by atoms with Gasteiger partial charge in [-0.15, -0.1) is 0 Å². The summed E-state index contributed by atoms with van der Waals surface area (Å²) in [4.78, 5) is 11.0. The van der Waals surface area contributed by atoms with Crippen molar-refractivity contribution in [2.45, 2.75) is 10.6 Å². The van der Waals surface area contributed by atoms with Gasteiger partial charge in [-0.05, 0) is 46.9 Å². The summed E-state index contributed by atoms with van der Waals surface area (Å²) in [6.07, 6.45) is 1.67. The molecule has 0 saturated carbocycles. The molecule has 8 heteroatoms. The lowest BCUT2D eigenvalue weighted by Crippen LogP contribution is -2.09. The third kappa shape index (κ3) is 3.18. The average Bonchev–Trinajstić information content (AvgIpc) is 2.73. The maximum atomic E-state index is 12.3. The highest BCUT2D eigenvalue weighted by molar-refractivity contribution is 14.1. The molecule has 6 nitrogen and oxygen atoms in total. The van der Waals surface area contributed by atoms with E-state index in [-0.39, 0.29) is 16.2 Å².